The van der Waals surface area contributed by atoms with Crippen molar-refractivity contribution < 1.29 is 14.7 Å². The molecule has 2 fully saturated rings. The van der Waals surface area contributed by atoms with Gasteiger partial charge < -0.3 is 10.4 Å². The summed E-state index contributed by atoms with van der Waals surface area (Å²) in [6.45, 7) is 3.98. The molecule has 4 heteroatoms. The molecule has 2 bridgehead atoms. The van der Waals surface area contributed by atoms with E-state index in [1.165, 1.54) is 0 Å². The van der Waals surface area contributed by atoms with Gasteiger partial charge in [-0.15, -0.1) is 0 Å². The maximum atomic E-state index is 12.9. The molecule has 1 spiro atoms. The van der Waals surface area contributed by atoms with Gasteiger partial charge in [0.05, 0.1) is 11.8 Å². The molecule has 1 aromatic carbocycles. The molecule has 120 valence electrons. The van der Waals surface area contributed by atoms with Gasteiger partial charge in [0.2, 0.25) is 5.91 Å². The van der Waals surface area contributed by atoms with Crippen LogP contribution in [0.25, 0.3) is 0 Å². The van der Waals surface area contributed by atoms with E-state index >= 15 is 0 Å². The Morgan fingerprint density at radius 2 is 1.78 bits per heavy atom. The van der Waals surface area contributed by atoms with Gasteiger partial charge in [-0.2, -0.15) is 0 Å². The minimum absolute atomic E-state index is 0.0272. The monoisotopic (exact) mass is 311 g/mol. The van der Waals surface area contributed by atoms with Crippen molar-refractivity contribution in [3.05, 3.63) is 41.5 Å². The molecule has 2 saturated carbocycles. The van der Waals surface area contributed by atoms with Crippen molar-refractivity contribution in [2.24, 2.45) is 29.1 Å². The van der Waals surface area contributed by atoms with E-state index in [4.69, 9.17) is 0 Å². The van der Waals surface area contributed by atoms with Gasteiger partial charge in [-0.1, -0.05) is 24.3 Å². The van der Waals surface area contributed by atoms with Crippen molar-refractivity contribution in [2.45, 2.75) is 26.7 Å². The van der Waals surface area contributed by atoms with Gasteiger partial charge in [0.15, 0.2) is 0 Å². The van der Waals surface area contributed by atoms with Gasteiger partial charge in [0, 0.05) is 5.69 Å². The second kappa shape index (κ2) is 4.70. The van der Waals surface area contributed by atoms with Gasteiger partial charge in [-0.3, -0.25) is 9.59 Å². The van der Waals surface area contributed by atoms with E-state index in [1.807, 2.05) is 38.1 Å². The minimum atomic E-state index is -0.839. The third kappa shape index (κ3) is 1.90. The molecule has 3 aliphatic carbocycles. The van der Waals surface area contributed by atoms with Crippen LogP contribution in [0, 0.1) is 42.9 Å². The number of carbonyl (C=O) groups is 2. The van der Waals surface area contributed by atoms with Crippen LogP contribution in [0.2, 0.25) is 0 Å². The molecule has 0 heterocycles. The van der Waals surface area contributed by atoms with Crippen molar-refractivity contribution >= 4 is 17.6 Å². The Morgan fingerprint density at radius 3 is 2.39 bits per heavy atom. The fourth-order valence-corrected chi connectivity index (χ4v) is 4.79. The zero-order valence-electron chi connectivity index (χ0n) is 13.4. The molecule has 23 heavy (non-hydrogen) atoms. The summed E-state index contributed by atoms with van der Waals surface area (Å²) in [5, 5.41) is 12.7. The van der Waals surface area contributed by atoms with E-state index in [0.29, 0.717) is 0 Å². The second-order valence-electron chi connectivity index (χ2n) is 7.30. The number of hydrogen-bond acceptors (Lipinski definition) is 2. The van der Waals surface area contributed by atoms with Crippen LogP contribution in [0.1, 0.15) is 24.0 Å². The van der Waals surface area contributed by atoms with Crippen molar-refractivity contribution in [3.8, 4) is 0 Å². The summed E-state index contributed by atoms with van der Waals surface area (Å²) in [4.78, 5) is 24.7. The smallest absolute Gasteiger partial charge is 0.307 e. The summed E-state index contributed by atoms with van der Waals surface area (Å²) in [5.41, 5.74) is 3.00. The number of aliphatic carboxylic acids is 1. The third-order valence-corrected chi connectivity index (χ3v) is 6.29. The quantitative estimate of drug-likeness (QED) is 0.843. The topological polar surface area (TPSA) is 66.4 Å². The van der Waals surface area contributed by atoms with Crippen molar-refractivity contribution in [3.63, 3.8) is 0 Å². The first kappa shape index (κ1) is 14.5. The number of anilines is 1. The number of aryl methyl sites for hydroxylation is 1. The van der Waals surface area contributed by atoms with E-state index in [2.05, 4.69) is 11.4 Å². The van der Waals surface area contributed by atoms with Crippen LogP contribution < -0.4 is 5.32 Å². The van der Waals surface area contributed by atoms with Crippen LogP contribution in [0.15, 0.2) is 30.4 Å². The molecule has 3 aliphatic rings. The van der Waals surface area contributed by atoms with Gasteiger partial charge in [-0.05, 0) is 61.1 Å². The highest BCUT2D eigenvalue weighted by Crippen LogP contribution is 2.72. The second-order valence-corrected chi connectivity index (χ2v) is 7.30. The Kier molecular flexibility index (Phi) is 2.96. The number of allylic oxidation sites excluding steroid dienone is 2. The molecule has 0 aromatic heterocycles. The molecular formula is C19H21NO3. The van der Waals surface area contributed by atoms with Crippen LogP contribution in [0.4, 0.5) is 5.69 Å². The zero-order valence-corrected chi connectivity index (χ0v) is 13.4. The Labute approximate surface area is 135 Å². The first-order valence-corrected chi connectivity index (χ1v) is 8.24. The number of carbonyl (C=O) groups excluding carboxylic acids is 1. The lowest BCUT2D eigenvalue weighted by atomic mass is 9.82. The lowest BCUT2D eigenvalue weighted by Crippen LogP contribution is -2.36. The maximum absolute atomic E-state index is 12.9. The zero-order chi connectivity index (χ0) is 16.4. The Hall–Kier alpha value is -2.10. The minimum Gasteiger partial charge on any atom is -0.481 e. The normalized spacial score (nSPS) is 32.3. The highest BCUT2D eigenvalue weighted by Gasteiger charge is 2.70. The Bertz CT molecular complexity index is 732. The number of benzene rings is 1. The van der Waals surface area contributed by atoms with E-state index in [0.717, 1.165) is 29.7 Å². The molecule has 0 saturated heterocycles. The fourth-order valence-electron chi connectivity index (χ4n) is 4.79. The van der Waals surface area contributed by atoms with Gasteiger partial charge in [0.1, 0.15) is 0 Å². The predicted molar refractivity (Wildman–Crippen MR) is 86.9 cm³/mol. The number of rotatable bonds is 3. The van der Waals surface area contributed by atoms with E-state index < -0.39 is 17.8 Å². The van der Waals surface area contributed by atoms with Crippen molar-refractivity contribution in [1.29, 1.82) is 0 Å². The molecule has 2 N–H and O–H groups in total. The number of nitrogens with one attached hydrogen (secondary N) is 1. The van der Waals surface area contributed by atoms with E-state index in [9.17, 15) is 14.7 Å². The standard InChI is InChI=1S/C19H21NO3/c1-10-4-3-5-14(11(10)2)20-17(21)15-12-6-7-13(16(15)18(22)23)19(12)8-9-19/h3-7,12-13,15-16H,8-9H2,1-2H3,(H,20,21)(H,22,23)/t12-,13-,15-,16+/m1/s1. The molecular weight excluding hydrogens is 290 g/mol. The number of carboxylic acid groups (broad SMARTS) is 1. The molecule has 4 atom stereocenters. The lowest BCUT2D eigenvalue weighted by molar-refractivity contribution is -0.146. The average molecular weight is 311 g/mol. The Balaban J connectivity index is 1.64. The SMILES string of the molecule is Cc1cccc(NC(=O)[C@H]2[C@@H](C(=O)O)[C@H]3C=C[C@H]2C32CC2)c1C. The Morgan fingerprint density at radius 1 is 1.13 bits per heavy atom. The van der Waals surface area contributed by atoms with Crippen LogP contribution in [-0.2, 0) is 9.59 Å². The van der Waals surface area contributed by atoms with Gasteiger partial charge in [-0.25, -0.2) is 0 Å². The van der Waals surface area contributed by atoms with Crippen LogP contribution in [-0.4, -0.2) is 17.0 Å². The molecule has 1 aromatic rings. The third-order valence-electron chi connectivity index (χ3n) is 6.29. The number of hydrogen-bond donors (Lipinski definition) is 2. The summed E-state index contributed by atoms with van der Waals surface area (Å²) in [7, 11) is 0. The fraction of sp³-hybridized carbons (Fsp3) is 0.474. The molecule has 0 unspecified atom stereocenters. The lowest BCUT2D eigenvalue weighted by Gasteiger charge is -2.24. The summed E-state index contributed by atoms with van der Waals surface area (Å²) < 4.78 is 0. The largest absolute Gasteiger partial charge is 0.481 e. The van der Waals surface area contributed by atoms with Crippen molar-refractivity contribution in [1.82, 2.24) is 0 Å². The molecule has 4 nitrogen and oxygen atoms in total. The van der Waals surface area contributed by atoms with Crippen molar-refractivity contribution in [2.75, 3.05) is 5.32 Å². The highest BCUT2D eigenvalue weighted by atomic mass is 16.4. The number of carboxylic acids is 1. The molecule has 0 aliphatic heterocycles. The molecule has 4 rings (SSSR count). The summed E-state index contributed by atoms with van der Waals surface area (Å²) in [6.07, 6.45) is 6.22. The van der Waals surface area contributed by atoms with E-state index in [-0.39, 0.29) is 23.2 Å². The maximum Gasteiger partial charge on any atom is 0.307 e. The van der Waals surface area contributed by atoms with Crippen LogP contribution in [0.3, 0.4) is 0 Å². The summed E-state index contributed by atoms with van der Waals surface area (Å²) in [5.74, 6) is -1.91. The van der Waals surface area contributed by atoms with E-state index in [1.54, 1.807) is 0 Å². The first-order chi connectivity index (χ1) is 11.0. The molecule has 0 radical (unpaired) electrons. The van der Waals surface area contributed by atoms with Gasteiger partial charge in [0.25, 0.3) is 0 Å². The summed E-state index contributed by atoms with van der Waals surface area (Å²) in [6, 6.07) is 5.80. The summed E-state index contributed by atoms with van der Waals surface area (Å²) >= 11 is 0. The van der Waals surface area contributed by atoms with Gasteiger partial charge >= 0.3 is 5.97 Å². The molecule has 1 amide bonds. The first-order valence-electron chi connectivity index (χ1n) is 8.24. The number of amides is 1. The van der Waals surface area contributed by atoms with Crippen LogP contribution >= 0.6 is 0 Å². The highest BCUT2D eigenvalue weighted by molar-refractivity contribution is 5.97. The predicted octanol–water partition coefficient (Wildman–Crippen LogP) is 3.15. The van der Waals surface area contributed by atoms with Crippen LogP contribution in [0.5, 0.6) is 0 Å². The average Bonchev–Trinajstić information content (AvgIpc) is 3.17.